The van der Waals surface area contributed by atoms with Crippen LogP contribution >= 0.6 is 11.8 Å². The number of nitrogens with one attached hydrogen (secondary N) is 1. The molecule has 0 radical (unpaired) electrons. The van der Waals surface area contributed by atoms with Gasteiger partial charge in [0, 0.05) is 11.6 Å². The third-order valence-electron chi connectivity index (χ3n) is 2.37. The van der Waals surface area contributed by atoms with Gasteiger partial charge in [-0.05, 0) is 18.4 Å². The van der Waals surface area contributed by atoms with Crippen LogP contribution in [0.2, 0.25) is 0 Å². The molecule has 2 aromatic rings. The lowest BCUT2D eigenvalue weighted by Gasteiger charge is -2.09. The molecule has 0 aliphatic carbocycles. The minimum Gasteiger partial charge on any atom is -0.495 e. The average molecular weight is 253 g/mol. The molecule has 17 heavy (non-hydrogen) atoms. The number of ether oxygens (including phenoxy) is 1. The SMILES string of the molecule is COc1ccc(-c2cc(N)n[nH]2)c(F)c1SC. The van der Waals surface area contributed by atoms with E-state index in [1.54, 1.807) is 24.5 Å². The Morgan fingerprint density at radius 2 is 2.24 bits per heavy atom. The molecule has 0 amide bonds. The molecular weight excluding hydrogens is 241 g/mol. The van der Waals surface area contributed by atoms with Crippen molar-refractivity contribution in [3.63, 3.8) is 0 Å². The lowest BCUT2D eigenvalue weighted by molar-refractivity contribution is 0.398. The zero-order chi connectivity index (χ0) is 12.4. The first-order valence-electron chi connectivity index (χ1n) is 4.89. The summed E-state index contributed by atoms with van der Waals surface area (Å²) in [5.41, 5.74) is 6.48. The molecule has 0 saturated carbocycles. The first-order chi connectivity index (χ1) is 8.17. The fourth-order valence-corrected chi connectivity index (χ4v) is 2.21. The summed E-state index contributed by atoms with van der Waals surface area (Å²) < 4.78 is 19.3. The topological polar surface area (TPSA) is 63.9 Å². The van der Waals surface area contributed by atoms with Gasteiger partial charge < -0.3 is 10.5 Å². The van der Waals surface area contributed by atoms with Crippen LogP contribution in [-0.2, 0) is 0 Å². The molecule has 2 rings (SSSR count). The number of nitrogens with two attached hydrogens (primary N) is 1. The Morgan fingerprint density at radius 1 is 1.47 bits per heavy atom. The van der Waals surface area contributed by atoms with Crippen molar-refractivity contribution in [2.45, 2.75) is 4.90 Å². The van der Waals surface area contributed by atoms with Gasteiger partial charge in [0.15, 0.2) is 0 Å². The van der Waals surface area contributed by atoms with Gasteiger partial charge >= 0.3 is 0 Å². The number of nitrogens with zero attached hydrogens (tertiary/aromatic N) is 1. The van der Waals surface area contributed by atoms with Crippen LogP contribution in [0.3, 0.4) is 0 Å². The summed E-state index contributed by atoms with van der Waals surface area (Å²) >= 11 is 1.30. The number of rotatable bonds is 3. The van der Waals surface area contributed by atoms with Crippen molar-refractivity contribution in [3.8, 4) is 17.0 Å². The second kappa shape index (κ2) is 4.67. The van der Waals surface area contributed by atoms with Gasteiger partial charge in [-0.2, -0.15) is 5.10 Å². The molecule has 1 aromatic carbocycles. The Bertz CT molecular complexity index is 542. The third-order valence-corrected chi connectivity index (χ3v) is 3.16. The van der Waals surface area contributed by atoms with Gasteiger partial charge in [-0.25, -0.2) is 4.39 Å². The van der Waals surface area contributed by atoms with Crippen LogP contribution in [0, 0.1) is 5.82 Å². The molecule has 3 N–H and O–H groups in total. The van der Waals surface area contributed by atoms with Gasteiger partial charge in [-0.3, -0.25) is 5.10 Å². The number of methoxy groups -OCH3 is 1. The summed E-state index contributed by atoms with van der Waals surface area (Å²) in [6.45, 7) is 0. The average Bonchev–Trinajstić information content (AvgIpc) is 2.75. The van der Waals surface area contributed by atoms with Crippen molar-refractivity contribution in [3.05, 3.63) is 24.0 Å². The van der Waals surface area contributed by atoms with Crippen molar-refractivity contribution in [2.24, 2.45) is 0 Å². The van der Waals surface area contributed by atoms with Crippen LogP contribution in [-0.4, -0.2) is 23.6 Å². The predicted octanol–water partition coefficient (Wildman–Crippen LogP) is 2.53. The minimum atomic E-state index is -0.333. The van der Waals surface area contributed by atoms with Crippen LogP contribution in [0.15, 0.2) is 23.1 Å². The molecule has 90 valence electrons. The Balaban J connectivity index is 2.56. The van der Waals surface area contributed by atoms with E-state index in [1.807, 2.05) is 0 Å². The number of aromatic nitrogens is 2. The van der Waals surface area contributed by atoms with Crippen LogP contribution in [0.5, 0.6) is 5.75 Å². The molecule has 0 atom stereocenters. The highest BCUT2D eigenvalue weighted by molar-refractivity contribution is 7.98. The highest BCUT2D eigenvalue weighted by Crippen LogP contribution is 2.35. The van der Waals surface area contributed by atoms with Crippen molar-refractivity contribution < 1.29 is 9.13 Å². The molecule has 0 spiro atoms. The van der Waals surface area contributed by atoms with E-state index in [-0.39, 0.29) is 5.82 Å². The van der Waals surface area contributed by atoms with Crippen molar-refractivity contribution in [1.29, 1.82) is 0 Å². The van der Waals surface area contributed by atoms with E-state index < -0.39 is 0 Å². The number of H-pyrrole nitrogens is 1. The van der Waals surface area contributed by atoms with Crippen LogP contribution in [0.4, 0.5) is 10.2 Å². The van der Waals surface area contributed by atoms with E-state index >= 15 is 0 Å². The maximum atomic E-state index is 14.2. The number of hydrogen-bond acceptors (Lipinski definition) is 4. The molecule has 0 saturated heterocycles. The monoisotopic (exact) mass is 253 g/mol. The zero-order valence-corrected chi connectivity index (χ0v) is 10.3. The van der Waals surface area contributed by atoms with Gasteiger partial charge in [-0.1, -0.05) is 0 Å². The minimum absolute atomic E-state index is 0.333. The Labute approximate surface area is 102 Å². The summed E-state index contributed by atoms with van der Waals surface area (Å²) in [7, 11) is 1.52. The fourth-order valence-electron chi connectivity index (χ4n) is 1.57. The van der Waals surface area contributed by atoms with Crippen molar-refractivity contribution in [2.75, 3.05) is 19.1 Å². The zero-order valence-electron chi connectivity index (χ0n) is 9.45. The molecule has 6 heteroatoms. The maximum Gasteiger partial charge on any atom is 0.149 e. The van der Waals surface area contributed by atoms with Crippen molar-refractivity contribution in [1.82, 2.24) is 10.2 Å². The first-order valence-corrected chi connectivity index (χ1v) is 6.11. The normalized spacial score (nSPS) is 10.5. The van der Waals surface area contributed by atoms with Crippen LogP contribution < -0.4 is 10.5 Å². The number of thioether (sulfide) groups is 1. The molecule has 1 aromatic heterocycles. The second-order valence-electron chi connectivity index (χ2n) is 3.37. The molecule has 0 bridgehead atoms. The number of benzene rings is 1. The molecule has 0 fully saturated rings. The summed E-state index contributed by atoms with van der Waals surface area (Å²) in [6, 6.07) is 4.96. The van der Waals surface area contributed by atoms with E-state index in [1.165, 1.54) is 18.9 Å². The Hall–Kier alpha value is -1.69. The molecule has 0 aliphatic heterocycles. The number of halogens is 1. The van der Waals surface area contributed by atoms with Crippen LogP contribution in [0.25, 0.3) is 11.3 Å². The quantitative estimate of drug-likeness (QED) is 0.825. The van der Waals surface area contributed by atoms with Gasteiger partial charge in [0.2, 0.25) is 0 Å². The molecule has 0 aliphatic rings. The summed E-state index contributed by atoms with van der Waals surface area (Å²) in [4.78, 5) is 0.471. The Morgan fingerprint density at radius 3 is 2.76 bits per heavy atom. The van der Waals surface area contributed by atoms with E-state index in [0.29, 0.717) is 27.7 Å². The molecule has 0 unspecified atom stereocenters. The van der Waals surface area contributed by atoms with Gasteiger partial charge in [-0.15, -0.1) is 11.8 Å². The van der Waals surface area contributed by atoms with E-state index in [0.717, 1.165) is 0 Å². The lowest BCUT2D eigenvalue weighted by Crippen LogP contribution is -1.93. The predicted molar refractivity (Wildman–Crippen MR) is 66.7 cm³/mol. The molecule has 4 nitrogen and oxygen atoms in total. The third kappa shape index (κ3) is 2.08. The standard InChI is InChI=1S/C11H12FN3OS/c1-16-8-4-3-6(10(12)11(8)17-2)7-5-9(13)15-14-7/h3-5H,1-2H3,(H3,13,14,15). The smallest absolute Gasteiger partial charge is 0.149 e. The maximum absolute atomic E-state index is 14.2. The highest BCUT2D eigenvalue weighted by Gasteiger charge is 2.15. The number of aromatic amines is 1. The second-order valence-corrected chi connectivity index (χ2v) is 4.19. The number of hydrogen-bond donors (Lipinski definition) is 2. The lowest BCUT2D eigenvalue weighted by atomic mass is 10.1. The van der Waals surface area contributed by atoms with Gasteiger partial charge in [0.25, 0.3) is 0 Å². The highest BCUT2D eigenvalue weighted by atomic mass is 32.2. The largest absolute Gasteiger partial charge is 0.495 e. The summed E-state index contributed by atoms with van der Waals surface area (Å²) in [5.74, 6) is 0.521. The molecular formula is C11H12FN3OS. The van der Waals surface area contributed by atoms with Gasteiger partial charge in [0.1, 0.15) is 17.4 Å². The summed E-state index contributed by atoms with van der Waals surface area (Å²) in [5, 5.41) is 6.47. The number of nitrogen functional groups attached to an aromatic ring is 1. The number of anilines is 1. The van der Waals surface area contributed by atoms with Crippen LogP contribution in [0.1, 0.15) is 0 Å². The van der Waals surface area contributed by atoms with E-state index in [9.17, 15) is 4.39 Å². The van der Waals surface area contributed by atoms with E-state index in [4.69, 9.17) is 10.5 Å². The Kier molecular flexibility index (Phi) is 3.23. The fraction of sp³-hybridized carbons (Fsp3) is 0.182. The summed E-state index contributed by atoms with van der Waals surface area (Å²) in [6.07, 6.45) is 1.80. The molecule has 1 heterocycles. The van der Waals surface area contributed by atoms with E-state index in [2.05, 4.69) is 10.2 Å². The first kappa shape index (κ1) is 11.8. The van der Waals surface area contributed by atoms with Gasteiger partial charge in [0.05, 0.1) is 17.7 Å². The van der Waals surface area contributed by atoms with Crippen molar-refractivity contribution >= 4 is 17.6 Å².